The van der Waals surface area contributed by atoms with Crippen molar-refractivity contribution in [2.75, 3.05) is 12.4 Å². The van der Waals surface area contributed by atoms with Gasteiger partial charge in [0, 0.05) is 11.1 Å². The van der Waals surface area contributed by atoms with Crippen molar-refractivity contribution >= 4 is 35.1 Å². The lowest BCUT2D eigenvalue weighted by Gasteiger charge is -2.08. The van der Waals surface area contributed by atoms with Gasteiger partial charge in [0.15, 0.2) is 5.82 Å². The lowest BCUT2D eigenvalue weighted by atomic mass is 10.3. The molecule has 1 N–H and O–H groups in total. The van der Waals surface area contributed by atoms with Crippen LogP contribution in [0, 0.1) is 0 Å². The Labute approximate surface area is 155 Å². The van der Waals surface area contributed by atoms with Crippen molar-refractivity contribution in [1.82, 2.24) is 9.38 Å². The van der Waals surface area contributed by atoms with Gasteiger partial charge in [0.1, 0.15) is 10.7 Å². The number of nitrogens with one attached hydrogen (secondary N) is 1. The van der Waals surface area contributed by atoms with Crippen molar-refractivity contribution < 1.29 is 27.5 Å². The third kappa shape index (κ3) is 4.05. The van der Waals surface area contributed by atoms with E-state index >= 15 is 0 Å². The number of amides is 1. The van der Waals surface area contributed by atoms with Crippen molar-refractivity contribution in [3.63, 3.8) is 0 Å². The molecular weight excluding hydrogens is 383 g/mol. The molecule has 0 saturated heterocycles. The van der Waals surface area contributed by atoms with Crippen LogP contribution in [0.1, 0.15) is 10.4 Å². The third-order valence-corrected chi connectivity index (χ3v) is 4.53. The zero-order valence-corrected chi connectivity index (χ0v) is 14.6. The molecule has 3 rings (SSSR count). The summed E-state index contributed by atoms with van der Waals surface area (Å²) in [6.45, 7) is 0. The van der Waals surface area contributed by atoms with E-state index in [-0.39, 0.29) is 22.1 Å². The number of ether oxygens (including phenoxy) is 1. The summed E-state index contributed by atoms with van der Waals surface area (Å²) >= 11 is 1.10. The minimum Gasteiger partial charge on any atom is -0.465 e. The van der Waals surface area contributed by atoms with E-state index in [2.05, 4.69) is 9.72 Å². The standard InChI is InChI=1S/C17H12F3N3O3S/c1-26-15(24)10-7-8-12-21-13(22-16(25)17(18,19)20)14(23(12)9-10)27-11-5-3-2-4-6-11/h2-9H,1H3,(H,22,25). The molecule has 10 heteroatoms. The van der Waals surface area contributed by atoms with E-state index in [0.717, 1.165) is 11.8 Å². The number of rotatable bonds is 4. The van der Waals surface area contributed by atoms with Crippen LogP contribution in [0.3, 0.4) is 0 Å². The molecule has 2 heterocycles. The second-order valence-corrected chi connectivity index (χ2v) is 6.33. The molecule has 0 unspecified atom stereocenters. The van der Waals surface area contributed by atoms with Crippen molar-refractivity contribution in [3.8, 4) is 0 Å². The molecule has 0 aliphatic rings. The van der Waals surface area contributed by atoms with Crippen LogP contribution in [0.15, 0.2) is 58.6 Å². The number of carbonyl (C=O) groups is 2. The number of methoxy groups -OCH3 is 1. The number of fused-ring (bicyclic) bond motifs is 1. The number of carbonyl (C=O) groups excluding carboxylic acids is 2. The normalized spacial score (nSPS) is 11.4. The highest BCUT2D eigenvalue weighted by Gasteiger charge is 2.39. The average molecular weight is 395 g/mol. The van der Waals surface area contributed by atoms with Gasteiger partial charge < -0.3 is 10.1 Å². The van der Waals surface area contributed by atoms with E-state index < -0.39 is 18.1 Å². The van der Waals surface area contributed by atoms with Gasteiger partial charge in [-0.25, -0.2) is 9.78 Å². The minimum absolute atomic E-state index is 0.186. The Morgan fingerprint density at radius 1 is 1.15 bits per heavy atom. The number of alkyl halides is 3. The van der Waals surface area contributed by atoms with Gasteiger partial charge in [-0.05, 0) is 24.3 Å². The number of esters is 1. The van der Waals surface area contributed by atoms with Crippen LogP contribution in [0.4, 0.5) is 19.0 Å². The number of hydrogen-bond acceptors (Lipinski definition) is 5. The fourth-order valence-electron chi connectivity index (χ4n) is 2.22. The van der Waals surface area contributed by atoms with Crippen LogP contribution in [-0.4, -0.2) is 34.5 Å². The fourth-order valence-corrected chi connectivity index (χ4v) is 3.17. The predicted octanol–water partition coefficient (Wildman–Crippen LogP) is 3.77. The highest BCUT2D eigenvalue weighted by atomic mass is 32.2. The van der Waals surface area contributed by atoms with Crippen LogP contribution in [0.5, 0.6) is 0 Å². The van der Waals surface area contributed by atoms with E-state index in [4.69, 9.17) is 0 Å². The van der Waals surface area contributed by atoms with Gasteiger partial charge in [0.05, 0.1) is 12.7 Å². The van der Waals surface area contributed by atoms with Crippen molar-refractivity contribution in [2.24, 2.45) is 0 Å². The highest BCUT2D eigenvalue weighted by molar-refractivity contribution is 7.99. The number of hydrogen-bond donors (Lipinski definition) is 1. The number of aromatic nitrogens is 2. The van der Waals surface area contributed by atoms with Gasteiger partial charge in [0.25, 0.3) is 0 Å². The molecule has 140 valence electrons. The van der Waals surface area contributed by atoms with E-state index in [1.165, 1.54) is 29.8 Å². The smallest absolute Gasteiger partial charge is 0.465 e. The Morgan fingerprint density at radius 2 is 1.85 bits per heavy atom. The second kappa shape index (κ2) is 7.31. The SMILES string of the molecule is COC(=O)c1ccc2nc(NC(=O)C(F)(F)F)c(Sc3ccccc3)n2c1. The van der Waals surface area contributed by atoms with E-state index in [1.807, 2.05) is 0 Å². The van der Waals surface area contributed by atoms with Crippen molar-refractivity contribution in [3.05, 3.63) is 54.2 Å². The molecule has 0 atom stereocenters. The van der Waals surface area contributed by atoms with Crippen molar-refractivity contribution in [2.45, 2.75) is 16.1 Å². The predicted molar refractivity (Wildman–Crippen MR) is 91.8 cm³/mol. The Kier molecular flexibility index (Phi) is 5.08. The number of imidazole rings is 1. The Balaban J connectivity index is 2.11. The number of benzene rings is 1. The maximum atomic E-state index is 12.7. The molecular formula is C17H12F3N3O3S. The quantitative estimate of drug-likeness (QED) is 0.681. The van der Waals surface area contributed by atoms with E-state index in [9.17, 15) is 22.8 Å². The molecule has 6 nitrogen and oxygen atoms in total. The fraction of sp³-hybridized carbons (Fsp3) is 0.118. The Morgan fingerprint density at radius 3 is 2.48 bits per heavy atom. The summed E-state index contributed by atoms with van der Waals surface area (Å²) in [6.07, 6.45) is -3.66. The number of pyridine rings is 1. The van der Waals surface area contributed by atoms with Crippen LogP contribution < -0.4 is 5.32 Å². The van der Waals surface area contributed by atoms with Gasteiger partial charge >= 0.3 is 18.1 Å². The lowest BCUT2D eigenvalue weighted by Crippen LogP contribution is -2.30. The molecule has 0 bridgehead atoms. The Bertz CT molecular complexity index is 1000. The number of anilines is 1. The first-order valence-electron chi connectivity index (χ1n) is 7.51. The van der Waals surface area contributed by atoms with E-state index in [1.54, 1.807) is 35.6 Å². The molecule has 0 aliphatic heterocycles. The topological polar surface area (TPSA) is 72.7 Å². The summed E-state index contributed by atoms with van der Waals surface area (Å²) in [6, 6.07) is 11.7. The summed E-state index contributed by atoms with van der Waals surface area (Å²) in [5, 5.41) is 2.01. The first-order valence-corrected chi connectivity index (χ1v) is 8.32. The highest BCUT2D eigenvalue weighted by Crippen LogP contribution is 2.35. The summed E-state index contributed by atoms with van der Waals surface area (Å²) in [7, 11) is 1.22. The molecule has 0 fully saturated rings. The molecule has 3 aromatic rings. The molecule has 0 saturated carbocycles. The summed E-state index contributed by atoms with van der Waals surface area (Å²) in [5.41, 5.74) is 0.449. The molecule has 2 aromatic heterocycles. The maximum absolute atomic E-state index is 12.7. The van der Waals surface area contributed by atoms with Gasteiger partial charge in [0.2, 0.25) is 0 Å². The van der Waals surface area contributed by atoms with Crippen LogP contribution in [0.2, 0.25) is 0 Å². The van der Waals surface area contributed by atoms with E-state index in [0.29, 0.717) is 4.90 Å². The van der Waals surface area contributed by atoms with Crippen LogP contribution in [-0.2, 0) is 9.53 Å². The molecule has 1 amide bonds. The third-order valence-electron chi connectivity index (χ3n) is 3.44. The second-order valence-electron chi connectivity index (χ2n) is 5.27. The van der Waals surface area contributed by atoms with Gasteiger partial charge in [-0.15, -0.1) is 0 Å². The number of nitrogens with zero attached hydrogens (tertiary/aromatic N) is 2. The number of halogens is 3. The van der Waals surface area contributed by atoms with Gasteiger partial charge in [-0.2, -0.15) is 13.2 Å². The molecule has 1 aromatic carbocycles. The zero-order chi connectivity index (χ0) is 19.6. The summed E-state index contributed by atoms with van der Waals surface area (Å²) in [5.74, 6) is -3.00. The molecule has 0 radical (unpaired) electrons. The van der Waals surface area contributed by atoms with Crippen LogP contribution >= 0.6 is 11.8 Å². The van der Waals surface area contributed by atoms with Gasteiger partial charge in [-0.1, -0.05) is 30.0 Å². The molecule has 0 aliphatic carbocycles. The zero-order valence-electron chi connectivity index (χ0n) is 13.8. The monoisotopic (exact) mass is 395 g/mol. The molecule has 0 spiro atoms. The average Bonchev–Trinajstić information content (AvgIpc) is 2.97. The largest absolute Gasteiger partial charge is 0.471 e. The lowest BCUT2D eigenvalue weighted by molar-refractivity contribution is -0.167. The van der Waals surface area contributed by atoms with Gasteiger partial charge in [-0.3, -0.25) is 9.20 Å². The maximum Gasteiger partial charge on any atom is 0.471 e. The minimum atomic E-state index is -5.05. The Hall–Kier alpha value is -3.01. The first kappa shape index (κ1) is 18.8. The summed E-state index contributed by atoms with van der Waals surface area (Å²) < 4.78 is 44.0. The first-order chi connectivity index (χ1) is 12.8. The molecule has 27 heavy (non-hydrogen) atoms. The van der Waals surface area contributed by atoms with Crippen LogP contribution in [0.25, 0.3) is 5.65 Å². The summed E-state index contributed by atoms with van der Waals surface area (Å²) in [4.78, 5) is 27.9. The van der Waals surface area contributed by atoms with Crippen molar-refractivity contribution in [1.29, 1.82) is 0 Å².